The molecule has 2 aromatic carbocycles. The molecule has 0 aliphatic carbocycles. The summed E-state index contributed by atoms with van der Waals surface area (Å²) >= 11 is 5.92. The largest absolute Gasteiger partial charge is 0.493 e. The molecule has 3 fully saturated rings. The standard InChI is InChI=1S/C24H22ClFN6O4/c1-35-19-9-16-13(22(28-11-27-16)29-15-4-2-3-14(25)21(15)26)8-20(19)36-12-7-18-24(34)31-6-5-17(31)23(33)30-32(18)10-12/h2-4,8-9,11-12,17-18H,5-7,10H2,1H3,(H,30,33)(H,27,28,29)/t12-,17-,18+/m0/s1. The Morgan fingerprint density at radius 1 is 1.19 bits per heavy atom. The summed E-state index contributed by atoms with van der Waals surface area (Å²) in [5.74, 6) is 0.400. The van der Waals surface area contributed by atoms with Crippen LogP contribution >= 0.6 is 11.6 Å². The summed E-state index contributed by atoms with van der Waals surface area (Å²) in [4.78, 5) is 35.6. The normalized spacial score (nSPS) is 23.4. The lowest BCUT2D eigenvalue weighted by Gasteiger charge is -2.38. The molecular formula is C24H22ClFN6O4. The van der Waals surface area contributed by atoms with E-state index in [2.05, 4.69) is 20.7 Å². The van der Waals surface area contributed by atoms with Gasteiger partial charge in [-0.3, -0.25) is 15.0 Å². The molecule has 2 N–H and O–H groups in total. The number of carbonyl (C=O) groups excluding carboxylic acids is 2. The zero-order chi connectivity index (χ0) is 25.0. The second-order valence-corrected chi connectivity index (χ2v) is 9.33. The molecule has 12 heteroatoms. The van der Waals surface area contributed by atoms with Gasteiger partial charge in [-0.2, -0.15) is 0 Å². The minimum atomic E-state index is -0.592. The Morgan fingerprint density at radius 2 is 2.06 bits per heavy atom. The first kappa shape index (κ1) is 22.7. The summed E-state index contributed by atoms with van der Waals surface area (Å²) in [7, 11) is 1.52. The summed E-state index contributed by atoms with van der Waals surface area (Å²) in [5, 5.41) is 5.21. The van der Waals surface area contributed by atoms with E-state index in [0.717, 1.165) is 0 Å². The Bertz CT molecular complexity index is 1390. The van der Waals surface area contributed by atoms with Crippen molar-refractivity contribution in [1.82, 2.24) is 25.3 Å². The van der Waals surface area contributed by atoms with E-state index in [4.69, 9.17) is 21.1 Å². The fraction of sp³-hybridized carbons (Fsp3) is 0.333. The van der Waals surface area contributed by atoms with Gasteiger partial charge in [-0.05, 0) is 24.6 Å². The van der Waals surface area contributed by atoms with Gasteiger partial charge in [0.2, 0.25) is 5.91 Å². The van der Waals surface area contributed by atoms with E-state index < -0.39 is 11.9 Å². The smallest absolute Gasteiger partial charge is 0.257 e. The summed E-state index contributed by atoms with van der Waals surface area (Å²) in [6.07, 6.45) is 2.08. The first-order valence-corrected chi connectivity index (χ1v) is 11.9. The molecule has 186 valence electrons. The van der Waals surface area contributed by atoms with Gasteiger partial charge in [0.1, 0.15) is 30.3 Å². The quantitative estimate of drug-likeness (QED) is 0.537. The number of amides is 2. The molecule has 3 saturated heterocycles. The van der Waals surface area contributed by atoms with E-state index in [1.807, 2.05) is 0 Å². The lowest BCUT2D eigenvalue weighted by Crippen LogP contribution is -2.57. The van der Waals surface area contributed by atoms with Crippen molar-refractivity contribution >= 4 is 45.8 Å². The van der Waals surface area contributed by atoms with Crippen LogP contribution in [0, 0.1) is 5.82 Å². The number of nitrogens with one attached hydrogen (secondary N) is 2. The fourth-order valence-electron chi connectivity index (χ4n) is 4.89. The number of hydrogen-bond donors (Lipinski definition) is 2. The second kappa shape index (κ2) is 8.75. The van der Waals surface area contributed by atoms with Crippen molar-refractivity contribution in [3.63, 3.8) is 0 Å². The van der Waals surface area contributed by atoms with Gasteiger partial charge in [0.05, 0.1) is 29.9 Å². The molecule has 3 aromatic rings. The van der Waals surface area contributed by atoms with E-state index >= 15 is 0 Å². The van der Waals surface area contributed by atoms with Crippen molar-refractivity contribution in [2.45, 2.75) is 31.0 Å². The van der Waals surface area contributed by atoms with E-state index in [1.165, 1.54) is 19.5 Å². The highest BCUT2D eigenvalue weighted by atomic mass is 35.5. The molecular weight excluding hydrogens is 491 g/mol. The summed E-state index contributed by atoms with van der Waals surface area (Å²) in [5.41, 5.74) is 3.60. The number of hydrogen-bond acceptors (Lipinski definition) is 8. The number of aromatic nitrogens is 2. The Morgan fingerprint density at radius 3 is 2.83 bits per heavy atom. The molecule has 0 unspecified atom stereocenters. The van der Waals surface area contributed by atoms with Crippen molar-refractivity contribution in [3.05, 3.63) is 47.5 Å². The van der Waals surface area contributed by atoms with Crippen molar-refractivity contribution in [2.24, 2.45) is 0 Å². The van der Waals surface area contributed by atoms with E-state index in [-0.39, 0.29) is 34.7 Å². The average molecular weight is 513 g/mol. The molecule has 0 saturated carbocycles. The number of methoxy groups -OCH3 is 1. The van der Waals surface area contributed by atoms with Gasteiger partial charge in [-0.1, -0.05) is 17.7 Å². The number of halogens is 2. The lowest BCUT2D eigenvalue weighted by molar-refractivity contribution is -0.145. The van der Waals surface area contributed by atoms with Crippen LogP contribution in [-0.4, -0.2) is 70.1 Å². The van der Waals surface area contributed by atoms with Crippen molar-refractivity contribution in [2.75, 3.05) is 25.5 Å². The molecule has 0 radical (unpaired) electrons. The maximum Gasteiger partial charge on any atom is 0.257 e. The third kappa shape index (κ3) is 3.75. The maximum atomic E-state index is 14.5. The second-order valence-electron chi connectivity index (χ2n) is 8.92. The minimum absolute atomic E-state index is 0.0104. The number of hydrazine groups is 1. The predicted octanol–water partition coefficient (Wildman–Crippen LogP) is 2.64. The number of ether oxygens (including phenoxy) is 2. The molecule has 0 bridgehead atoms. The van der Waals surface area contributed by atoms with Gasteiger partial charge in [0.25, 0.3) is 5.91 Å². The van der Waals surface area contributed by atoms with Crippen molar-refractivity contribution in [1.29, 1.82) is 0 Å². The summed E-state index contributed by atoms with van der Waals surface area (Å²) in [6.45, 7) is 0.933. The first-order valence-electron chi connectivity index (χ1n) is 11.5. The molecule has 4 heterocycles. The van der Waals surface area contributed by atoms with E-state index in [1.54, 1.807) is 34.2 Å². The number of nitrogens with zero attached hydrogens (tertiary/aromatic N) is 4. The van der Waals surface area contributed by atoms with Crippen LogP contribution in [0.3, 0.4) is 0 Å². The highest BCUT2D eigenvalue weighted by molar-refractivity contribution is 6.31. The lowest BCUT2D eigenvalue weighted by atomic mass is 10.0. The molecule has 3 atom stereocenters. The minimum Gasteiger partial charge on any atom is -0.493 e. The SMILES string of the molecule is COc1cc2ncnc(Nc3cccc(Cl)c3F)c2cc1O[C@H]1C[C@@H]2C(=O)N3CC[C@H]3C(=O)NN2C1. The monoisotopic (exact) mass is 512 g/mol. The van der Waals surface area contributed by atoms with Gasteiger partial charge in [0, 0.05) is 24.4 Å². The molecule has 3 aliphatic rings. The molecule has 6 rings (SSSR count). The predicted molar refractivity (Wildman–Crippen MR) is 129 cm³/mol. The van der Waals surface area contributed by atoms with Crippen LogP contribution in [0.4, 0.5) is 15.9 Å². The summed E-state index contributed by atoms with van der Waals surface area (Å²) in [6, 6.07) is 7.21. The van der Waals surface area contributed by atoms with Gasteiger partial charge in [0.15, 0.2) is 17.3 Å². The number of carbonyl (C=O) groups is 2. The summed E-state index contributed by atoms with van der Waals surface area (Å²) < 4.78 is 26.3. The third-order valence-corrected chi connectivity index (χ3v) is 7.12. The fourth-order valence-corrected chi connectivity index (χ4v) is 5.07. The van der Waals surface area contributed by atoms with Crippen molar-refractivity contribution < 1.29 is 23.5 Å². The topological polar surface area (TPSA) is 109 Å². The molecule has 10 nitrogen and oxygen atoms in total. The number of fused-ring (bicyclic) bond motifs is 3. The number of anilines is 2. The van der Waals surface area contributed by atoms with Crippen LogP contribution < -0.4 is 20.2 Å². The van der Waals surface area contributed by atoms with Gasteiger partial charge >= 0.3 is 0 Å². The Hall–Kier alpha value is -3.70. The van der Waals surface area contributed by atoms with Crippen LogP contribution in [-0.2, 0) is 9.59 Å². The maximum absolute atomic E-state index is 14.5. The molecule has 3 aliphatic heterocycles. The first-order chi connectivity index (χ1) is 17.4. The zero-order valence-corrected chi connectivity index (χ0v) is 20.0. The molecule has 36 heavy (non-hydrogen) atoms. The van der Waals surface area contributed by atoms with Crippen LogP contribution in [0.1, 0.15) is 12.8 Å². The van der Waals surface area contributed by atoms with Gasteiger partial charge in [-0.25, -0.2) is 19.4 Å². The zero-order valence-electron chi connectivity index (χ0n) is 19.2. The van der Waals surface area contributed by atoms with E-state index in [0.29, 0.717) is 54.2 Å². The van der Waals surface area contributed by atoms with Gasteiger partial charge < -0.3 is 19.7 Å². The average Bonchev–Trinajstić information content (AvgIpc) is 3.20. The Labute approximate surface area is 210 Å². The Kier molecular flexibility index (Phi) is 5.53. The molecule has 0 spiro atoms. The molecule has 1 aromatic heterocycles. The van der Waals surface area contributed by atoms with E-state index in [9.17, 15) is 14.0 Å². The van der Waals surface area contributed by atoms with Crippen molar-refractivity contribution in [3.8, 4) is 11.5 Å². The third-order valence-electron chi connectivity index (χ3n) is 6.83. The van der Waals surface area contributed by atoms with Crippen LogP contribution in [0.5, 0.6) is 11.5 Å². The van der Waals surface area contributed by atoms with Crippen LogP contribution in [0.25, 0.3) is 10.9 Å². The highest BCUT2D eigenvalue weighted by Crippen LogP contribution is 2.38. The highest BCUT2D eigenvalue weighted by Gasteiger charge is 2.50. The number of benzene rings is 2. The Balaban J connectivity index is 1.29. The molecule has 2 amide bonds. The van der Waals surface area contributed by atoms with Gasteiger partial charge in [-0.15, -0.1) is 0 Å². The van der Waals surface area contributed by atoms with Crippen LogP contribution in [0.2, 0.25) is 5.02 Å². The number of rotatable bonds is 5. The van der Waals surface area contributed by atoms with Crippen LogP contribution in [0.15, 0.2) is 36.7 Å².